The molecule has 6 heteroatoms. The van der Waals surface area contributed by atoms with E-state index in [2.05, 4.69) is 129 Å². The summed E-state index contributed by atoms with van der Waals surface area (Å²) in [6, 6.07) is 41.4. The molecule has 0 aliphatic carbocycles. The van der Waals surface area contributed by atoms with Crippen molar-refractivity contribution in [2.45, 2.75) is 57.2 Å². The van der Waals surface area contributed by atoms with Gasteiger partial charge >= 0.3 is 0 Å². The zero-order chi connectivity index (χ0) is 32.0. The summed E-state index contributed by atoms with van der Waals surface area (Å²) in [4.78, 5) is 18.5. The molecule has 0 aromatic heterocycles. The summed E-state index contributed by atoms with van der Waals surface area (Å²) in [5.41, 5.74) is 4.25. The highest BCUT2D eigenvalue weighted by Crippen LogP contribution is 2.43. The monoisotopic (exact) mass is 618 g/mol. The normalized spacial score (nSPS) is 17.5. The Hall–Kier alpha value is -3.55. The molecule has 1 fully saturated rings. The van der Waals surface area contributed by atoms with E-state index in [0.717, 1.165) is 11.1 Å². The first-order chi connectivity index (χ1) is 21.6. The number of nitrogens with zero attached hydrogens (tertiary/aromatic N) is 2. The van der Waals surface area contributed by atoms with Gasteiger partial charge in [0.2, 0.25) is 5.91 Å². The van der Waals surface area contributed by atoms with Gasteiger partial charge in [-0.2, -0.15) is 0 Å². The molecule has 0 bridgehead atoms. The fraction of sp³-hybridized carbons (Fsp3) is 0.359. The van der Waals surface area contributed by atoms with Crippen molar-refractivity contribution in [3.8, 4) is 0 Å². The van der Waals surface area contributed by atoms with E-state index in [-0.39, 0.29) is 36.0 Å². The molecule has 1 saturated heterocycles. The second kappa shape index (κ2) is 14.3. The second-order valence-corrected chi connectivity index (χ2v) is 16.2. The first kappa shape index (κ1) is 32.8. The third-order valence-electron chi connectivity index (χ3n) is 9.45. The Morgan fingerprint density at radius 3 is 1.58 bits per heavy atom. The Labute approximate surface area is 271 Å². The van der Waals surface area contributed by atoms with Gasteiger partial charge in [0.15, 0.2) is 0 Å². The molecular formula is C39H48N3O2Si. The van der Waals surface area contributed by atoms with Crippen LogP contribution in [0.15, 0.2) is 121 Å². The van der Waals surface area contributed by atoms with Gasteiger partial charge < -0.3 is 10.0 Å². The molecule has 4 aromatic rings. The third kappa shape index (κ3) is 7.15. The van der Waals surface area contributed by atoms with E-state index < -0.39 is 14.0 Å². The molecule has 1 aliphatic rings. The lowest BCUT2D eigenvalue weighted by Gasteiger charge is -2.57. The number of carbonyl (C=O) groups excluding carboxylic acids is 1. The molecule has 235 valence electrons. The highest BCUT2D eigenvalue weighted by Gasteiger charge is 2.54. The van der Waals surface area contributed by atoms with E-state index in [1.807, 2.05) is 41.3 Å². The van der Waals surface area contributed by atoms with Crippen molar-refractivity contribution < 1.29 is 9.90 Å². The van der Waals surface area contributed by atoms with Crippen LogP contribution < -0.4 is 5.32 Å². The SMILES string of the molecule is C[Si](C)C(O)(C1CN(C(=O)CNC(c2ccccc2)c2ccccc2)CCN1C(c1ccccc1)c1ccccc1)C(C)(C)C. The molecule has 2 atom stereocenters. The summed E-state index contributed by atoms with van der Waals surface area (Å²) in [5, 5.41) is 15.4. The van der Waals surface area contributed by atoms with Crippen molar-refractivity contribution in [1.82, 2.24) is 15.1 Å². The number of amides is 1. The van der Waals surface area contributed by atoms with Gasteiger partial charge in [0, 0.05) is 19.6 Å². The van der Waals surface area contributed by atoms with Gasteiger partial charge in [-0.1, -0.05) is 155 Å². The lowest BCUT2D eigenvalue weighted by atomic mass is 9.80. The van der Waals surface area contributed by atoms with Crippen LogP contribution in [0.25, 0.3) is 0 Å². The zero-order valence-electron chi connectivity index (χ0n) is 27.4. The third-order valence-corrected chi connectivity index (χ3v) is 12.1. The molecule has 1 heterocycles. The number of benzene rings is 4. The number of hydrogen-bond acceptors (Lipinski definition) is 4. The van der Waals surface area contributed by atoms with Crippen LogP contribution in [-0.4, -0.2) is 67.1 Å². The van der Waals surface area contributed by atoms with Crippen molar-refractivity contribution in [3.63, 3.8) is 0 Å². The van der Waals surface area contributed by atoms with Crippen LogP contribution >= 0.6 is 0 Å². The molecular weight excluding hydrogens is 571 g/mol. The van der Waals surface area contributed by atoms with Crippen molar-refractivity contribution in [2.24, 2.45) is 5.41 Å². The Balaban J connectivity index is 1.46. The van der Waals surface area contributed by atoms with Crippen LogP contribution in [0.1, 0.15) is 55.1 Å². The van der Waals surface area contributed by atoms with Crippen molar-refractivity contribution in [1.29, 1.82) is 0 Å². The molecule has 5 rings (SSSR count). The Bertz CT molecular complexity index is 1420. The van der Waals surface area contributed by atoms with Crippen LogP contribution in [0.3, 0.4) is 0 Å². The lowest BCUT2D eigenvalue weighted by Crippen LogP contribution is -2.72. The molecule has 1 amide bonds. The largest absolute Gasteiger partial charge is 0.391 e. The standard InChI is InChI=1S/C39H48N3O2Si/c1-38(2,3)39(44,45(4)5)34-29-41(26-27-42(34)37(32-22-14-8-15-23-32)33-24-16-9-17-25-33)35(43)28-40-36(30-18-10-6-11-19-30)31-20-12-7-13-21-31/h6-25,34,36-37,40,44H,26-29H2,1-5H3. The molecule has 0 spiro atoms. The predicted octanol–water partition coefficient (Wildman–Crippen LogP) is 6.74. The maximum atomic E-state index is 14.0. The molecule has 45 heavy (non-hydrogen) atoms. The predicted molar refractivity (Wildman–Crippen MR) is 186 cm³/mol. The minimum Gasteiger partial charge on any atom is -0.391 e. The zero-order valence-corrected chi connectivity index (χ0v) is 28.4. The lowest BCUT2D eigenvalue weighted by molar-refractivity contribution is -0.141. The van der Waals surface area contributed by atoms with Crippen molar-refractivity contribution in [2.75, 3.05) is 26.2 Å². The molecule has 1 radical (unpaired) electrons. The number of hydrogen-bond donors (Lipinski definition) is 2. The number of aliphatic hydroxyl groups is 1. The van der Waals surface area contributed by atoms with Crippen LogP contribution in [0.4, 0.5) is 0 Å². The van der Waals surface area contributed by atoms with Crippen LogP contribution in [0.2, 0.25) is 13.1 Å². The van der Waals surface area contributed by atoms with Crippen molar-refractivity contribution in [3.05, 3.63) is 144 Å². The minimum atomic E-state index is -1.24. The number of carbonyl (C=O) groups is 1. The molecule has 2 N–H and O–H groups in total. The fourth-order valence-electron chi connectivity index (χ4n) is 7.15. The minimum absolute atomic E-state index is 0.0384. The topological polar surface area (TPSA) is 55.8 Å². The molecule has 4 aromatic carbocycles. The maximum absolute atomic E-state index is 14.0. The average Bonchev–Trinajstić information content (AvgIpc) is 3.06. The van der Waals surface area contributed by atoms with Gasteiger partial charge in [-0.15, -0.1) is 0 Å². The van der Waals surface area contributed by atoms with Gasteiger partial charge in [0.05, 0.1) is 38.7 Å². The summed E-state index contributed by atoms with van der Waals surface area (Å²) >= 11 is 0. The summed E-state index contributed by atoms with van der Waals surface area (Å²) < 4.78 is 0. The second-order valence-electron chi connectivity index (χ2n) is 13.5. The van der Waals surface area contributed by atoms with Crippen LogP contribution in [0.5, 0.6) is 0 Å². The van der Waals surface area contributed by atoms with Gasteiger partial charge in [-0.25, -0.2) is 0 Å². The average molecular weight is 619 g/mol. The summed E-state index contributed by atoms with van der Waals surface area (Å²) in [6.45, 7) is 12.8. The number of rotatable bonds is 10. The molecule has 5 nitrogen and oxygen atoms in total. The maximum Gasteiger partial charge on any atom is 0.236 e. The van der Waals surface area contributed by atoms with E-state index in [0.29, 0.717) is 19.6 Å². The van der Waals surface area contributed by atoms with E-state index in [9.17, 15) is 9.90 Å². The Morgan fingerprint density at radius 2 is 1.18 bits per heavy atom. The summed E-state index contributed by atoms with van der Waals surface area (Å²) in [7, 11) is -1.24. The fourth-order valence-corrected chi connectivity index (χ4v) is 9.58. The smallest absolute Gasteiger partial charge is 0.236 e. The molecule has 0 saturated carbocycles. The van der Waals surface area contributed by atoms with Gasteiger partial charge in [0.25, 0.3) is 0 Å². The van der Waals surface area contributed by atoms with Gasteiger partial charge in [-0.3, -0.25) is 15.0 Å². The first-order valence-electron chi connectivity index (χ1n) is 16.1. The molecule has 2 unspecified atom stereocenters. The van der Waals surface area contributed by atoms with E-state index >= 15 is 0 Å². The quantitative estimate of drug-likeness (QED) is 0.193. The van der Waals surface area contributed by atoms with Gasteiger partial charge in [0.1, 0.15) is 0 Å². The summed E-state index contributed by atoms with van der Waals surface area (Å²) in [6.07, 6.45) is 0. The van der Waals surface area contributed by atoms with Crippen LogP contribution in [-0.2, 0) is 4.79 Å². The Morgan fingerprint density at radius 1 is 0.756 bits per heavy atom. The Kier molecular flexibility index (Phi) is 10.4. The van der Waals surface area contributed by atoms with Crippen molar-refractivity contribution >= 4 is 14.7 Å². The van der Waals surface area contributed by atoms with E-state index in [1.165, 1.54) is 11.1 Å². The van der Waals surface area contributed by atoms with E-state index in [4.69, 9.17) is 0 Å². The van der Waals surface area contributed by atoms with E-state index in [1.54, 1.807) is 0 Å². The van der Waals surface area contributed by atoms with Gasteiger partial charge in [-0.05, 0) is 27.7 Å². The first-order valence-corrected chi connectivity index (χ1v) is 18.6. The highest BCUT2D eigenvalue weighted by atomic mass is 28.3. The van der Waals surface area contributed by atoms with Crippen LogP contribution in [0, 0.1) is 5.41 Å². The highest BCUT2D eigenvalue weighted by molar-refractivity contribution is 6.59. The number of nitrogens with one attached hydrogen (secondary N) is 1. The summed E-state index contributed by atoms with van der Waals surface area (Å²) in [5.74, 6) is 0.0599. The molecule has 1 aliphatic heterocycles. The number of piperazine rings is 1.